The van der Waals surface area contributed by atoms with Gasteiger partial charge in [-0.05, 0) is 37.8 Å². The molecule has 70 valence electrons. The topological polar surface area (TPSA) is 33.1 Å². The molecule has 2 nitrogen and oxygen atoms in total. The average molecular weight is 177 g/mol. The molecule has 0 radical (unpaired) electrons. The smallest absolute Gasteiger partial charge is 0.0623 e. The van der Waals surface area contributed by atoms with E-state index in [4.69, 9.17) is 0 Å². The number of aliphatic hydroxyl groups is 1. The van der Waals surface area contributed by atoms with Gasteiger partial charge in [0.1, 0.15) is 0 Å². The summed E-state index contributed by atoms with van der Waals surface area (Å²) in [6.45, 7) is 1.98. The zero-order valence-corrected chi connectivity index (χ0v) is 7.90. The Morgan fingerprint density at radius 2 is 2.31 bits per heavy atom. The van der Waals surface area contributed by atoms with Gasteiger partial charge >= 0.3 is 0 Å². The lowest BCUT2D eigenvalue weighted by Gasteiger charge is -2.08. The molecule has 0 spiro atoms. The number of aromatic nitrogens is 1. The van der Waals surface area contributed by atoms with Gasteiger partial charge in [0.05, 0.1) is 6.10 Å². The Hall–Kier alpha value is -0.890. The van der Waals surface area contributed by atoms with Crippen LogP contribution in [-0.2, 0) is 6.42 Å². The fourth-order valence-electron chi connectivity index (χ4n) is 1.58. The highest BCUT2D eigenvalue weighted by Gasteiger charge is 2.29. The maximum Gasteiger partial charge on any atom is 0.0623 e. The zero-order chi connectivity index (χ0) is 9.26. The molecule has 0 saturated heterocycles. The van der Waals surface area contributed by atoms with E-state index >= 15 is 0 Å². The minimum Gasteiger partial charge on any atom is -0.392 e. The minimum absolute atomic E-state index is 0.172. The number of hydrogen-bond acceptors (Lipinski definition) is 2. The second kappa shape index (κ2) is 3.46. The minimum atomic E-state index is -0.172. The van der Waals surface area contributed by atoms with Gasteiger partial charge in [0.2, 0.25) is 0 Å². The lowest BCUT2D eigenvalue weighted by molar-refractivity contribution is 0.150. The van der Waals surface area contributed by atoms with E-state index in [9.17, 15) is 5.11 Å². The Balaban J connectivity index is 2.00. The first-order chi connectivity index (χ1) is 6.25. The van der Waals surface area contributed by atoms with Crippen LogP contribution in [0.25, 0.3) is 0 Å². The maximum absolute atomic E-state index is 9.69. The molecule has 0 aromatic carbocycles. The fraction of sp³-hybridized carbons (Fsp3) is 0.545. The molecule has 1 aliphatic rings. The Morgan fingerprint density at radius 3 is 2.92 bits per heavy atom. The Morgan fingerprint density at radius 1 is 1.54 bits per heavy atom. The monoisotopic (exact) mass is 177 g/mol. The highest BCUT2D eigenvalue weighted by molar-refractivity contribution is 5.11. The third-order valence-electron chi connectivity index (χ3n) is 2.53. The molecule has 1 aliphatic carbocycles. The van der Waals surface area contributed by atoms with Gasteiger partial charge < -0.3 is 5.11 Å². The van der Waals surface area contributed by atoms with E-state index in [0.29, 0.717) is 12.3 Å². The number of aliphatic hydroxyl groups excluding tert-OH is 1. The third kappa shape index (κ3) is 2.28. The molecule has 0 aliphatic heterocycles. The summed E-state index contributed by atoms with van der Waals surface area (Å²) < 4.78 is 0. The summed E-state index contributed by atoms with van der Waals surface area (Å²) in [5, 5.41) is 9.69. The van der Waals surface area contributed by atoms with Gasteiger partial charge in [0.25, 0.3) is 0 Å². The predicted molar refractivity (Wildman–Crippen MR) is 51.4 cm³/mol. The van der Waals surface area contributed by atoms with Crippen molar-refractivity contribution in [1.29, 1.82) is 0 Å². The van der Waals surface area contributed by atoms with Crippen molar-refractivity contribution in [2.75, 3.05) is 0 Å². The molecular formula is C11H15NO. The van der Waals surface area contributed by atoms with Crippen LogP contribution in [0.2, 0.25) is 0 Å². The average Bonchev–Trinajstić information content (AvgIpc) is 2.85. The molecule has 1 fully saturated rings. The van der Waals surface area contributed by atoms with Crippen LogP contribution < -0.4 is 0 Å². The molecular weight excluding hydrogens is 162 g/mol. The first-order valence-electron chi connectivity index (χ1n) is 4.86. The summed E-state index contributed by atoms with van der Waals surface area (Å²) in [5.74, 6) is 0.544. The van der Waals surface area contributed by atoms with Gasteiger partial charge in [-0.15, -0.1) is 0 Å². The van der Waals surface area contributed by atoms with Crippen molar-refractivity contribution in [2.45, 2.75) is 32.3 Å². The molecule has 2 heteroatoms. The zero-order valence-electron chi connectivity index (χ0n) is 7.90. The predicted octanol–water partition coefficient (Wildman–Crippen LogP) is 1.70. The quantitative estimate of drug-likeness (QED) is 0.762. The number of hydrogen-bond donors (Lipinski definition) is 1. The molecule has 1 N–H and O–H groups in total. The van der Waals surface area contributed by atoms with Crippen molar-refractivity contribution in [1.82, 2.24) is 4.98 Å². The molecule has 1 heterocycles. The normalized spacial score (nSPS) is 18.6. The lowest BCUT2D eigenvalue weighted by Crippen LogP contribution is -2.13. The summed E-state index contributed by atoms with van der Waals surface area (Å²) in [7, 11) is 0. The van der Waals surface area contributed by atoms with E-state index in [1.807, 2.05) is 25.1 Å². The lowest BCUT2D eigenvalue weighted by atomic mass is 10.1. The van der Waals surface area contributed by atoms with Crippen LogP contribution in [0.5, 0.6) is 0 Å². The summed E-state index contributed by atoms with van der Waals surface area (Å²) in [5.41, 5.74) is 2.04. The summed E-state index contributed by atoms with van der Waals surface area (Å²) in [6.07, 6.45) is 2.92. The van der Waals surface area contributed by atoms with Crippen molar-refractivity contribution in [2.24, 2.45) is 5.92 Å². The van der Waals surface area contributed by atoms with E-state index < -0.39 is 0 Å². The standard InChI is InChI=1S/C11H15NO/c1-8-3-2-4-10(12-8)7-11(13)9-5-6-9/h2-4,9,11,13H,5-7H2,1H3. The van der Waals surface area contributed by atoms with Gasteiger partial charge in [-0.1, -0.05) is 6.07 Å². The van der Waals surface area contributed by atoms with Crippen molar-refractivity contribution in [3.05, 3.63) is 29.6 Å². The summed E-state index contributed by atoms with van der Waals surface area (Å²) >= 11 is 0. The van der Waals surface area contributed by atoms with Gasteiger partial charge in [-0.25, -0.2) is 0 Å². The van der Waals surface area contributed by atoms with Crippen LogP contribution in [0.4, 0.5) is 0 Å². The maximum atomic E-state index is 9.69. The highest BCUT2D eigenvalue weighted by atomic mass is 16.3. The van der Waals surface area contributed by atoms with Crippen LogP contribution in [0.1, 0.15) is 24.2 Å². The van der Waals surface area contributed by atoms with E-state index in [2.05, 4.69) is 4.98 Å². The van der Waals surface area contributed by atoms with Crippen LogP contribution in [-0.4, -0.2) is 16.2 Å². The molecule has 0 bridgehead atoms. The van der Waals surface area contributed by atoms with Crippen LogP contribution in [0.3, 0.4) is 0 Å². The number of aryl methyl sites for hydroxylation is 1. The Kier molecular flexibility index (Phi) is 2.32. The summed E-state index contributed by atoms with van der Waals surface area (Å²) in [4.78, 5) is 4.36. The largest absolute Gasteiger partial charge is 0.392 e. The van der Waals surface area contributed by atoms with Gasteiger partial charge in [0.15, 0.2) is 0 Å². The van der Waals surface area contributed by atoms with Crippen LogP contribution in [0.15, 0.2) is 18.2 Å². The van der Waals surface area contributed by atoms with Gasteiger partial charge in [0, 0.05) is 17.8 Å². The molecule has 1 aromatic rings. The first-order valence-corrected chi connectivity index (χ1v) is 4.86. The van der Waals surface area contributed by atoms with E-state index in [-0.39, 0.29) is 6.10 Å². The first kappa shape index (κ1) is 8.70. The fourth-order valence-corrected chi connectivity index (χ4v) is 1.58. The third-order valence-corrected chi connectivity index (χ3v) is 2.53. The number of nitrogens with zero attached hydrogens (tertiary/aromatic N) is 1. The summed E-state index contributed by atoms with van der Waals surface area (Å²) in [6, 6.07) is 5.96. The van der Waals surface area contributed by atoms with E-state index in [1.54, 1.807) is 0 Å². The molecule has 1 aromatic heterocycles. The number of pyridine rings is 1. The highest BCUT2D eigenvalue weighted by Crippen LogP contribution is 2.33. The molecule has 1 atom stereocenters. The van der Waals surface area contributed by atoms with E-state index in [0.717, 1.165) is 11.4 Å². The molecule has 1 saturated carbocycles. The van der Waals surface area contributed by atoms with Crippen molar-refractivity contribution in [3.8, 4) is 0 Å². The van der Waals surface area contributed by atoms with Gasteiger partial charge in [-0.3, -0.25) is 4.98 Å². The van der Waals surface area contributed by atoms with Crippen molar-refractivity contribution < 1.29 is 5.11 Å². The second-order valence-electron chi connectivity index (χ2n) is 3.88. The van der Waals surface area contributed by atoms with Gasteiger partial charge in [-0.2, -0.15) is 0 Å². The van der Waals surface area contributed by atoms with Crippen molar-refractivity contribution >= 4 is 0 Å². The molecule has 13 heavy (non-hydrogen) atoms. The van der Waals surface area contributed by atoms with Crippen molar-refractivity contribution in [3.63, 3.8) is 0 Å². The number of rotatable bonds is 3. The van der Waals surface area contributed by atoms with Crippen LogP contribution in [0, 0.1) is 12.8 Å². The second-order valence-corrected chi connectivity index (χ2v) is 3.88. The Bertz CT molecular complexity index is 294. The Labute approximate surface area is 78.6 Å². The van der Waals surface area contributed by atoms with Crippen LogP contribution >= 0.6 is 0 Å². The molecule has 1 unspecified atom stereocenters. The van der Waals surface area contributed by atoms with E-state index in [1.165, 1.54) is 12.8 Å². The molecule has 2 rings (SSSR count). The SMILES string of the molecule is Cc1cccc(CC(O)C2CC2)n1. The molecule has 0 amide bonds.